The largest absolute Gasteiger partial charge is 0.388 e. The average Bonchev–Trinajstić information content (AvgIpc) is 2.24. The number of aliphatic hydroxyl groups is 1. The Hall–Kier alpha value is -0.820. The standard InChI is InChI=1S/C19H30O/c1-14(13-19(2,3)4)11-18(20)17-10-6-9-16(12-17)15-7-5-8-15/h6,9-10,12,14-15,18,20H,5,7-8,11,13H2,1-4H3. The minimum Gasteiger partial charge on any atom is -0.388 e. The van der Waals surface area contributed by atoms with Crippen LogP contribution in [0.25, 0.3) is 0 Å². The van der Waals surface area contributed by atoms with Crippen molar-refractivity contribution in [3.63, 3.8) is 0 Å². The minimum absolute atomic E-state index is 0.313. The molecule has 1 saturated carbocycles. The van der Waals surface area contributed by atoms with Crippen molar-refractivity contribution in [2.24, 2.45) is 11.3 Å². The summed E-state index contributed by atoms with van der Waals surface area (Å²) >= 11 is 0. The third kappa shape index (κ3) is 4.34. The second kappa shape index (κ2) is 6.30. The quantitative estimate of drug-likeness (QED) is 0.757. The Kier molecular flexibility index (Phi) is 4.90. The Balaban J connectivity index is 1.96. The van der Waals surface area contributed by atoms with Gasteiger partial charge in [0.05, 0.1) is 6.10 Å². The molecule has 2 atom stereocenters. The molecule has 1 heteroatoms. The summed E-state index contributed by atoms with van der Waals surface area (Å²) in [7, 11) is 0. The van der Waals surface area contributed by atoms with Crippen molar-refractivity contribution in [1.29, 1.82) is 0 Å². The molecule has 1 aliphatic rings. The van der Waals surface area contributed by atoms with Crippen molar-refractivity contribution in [2.75, 3.05) is 0 Å². The Labute approximate surface area is 124 Å². The van der Waals surface area contributed by atoms with E-state index in [1.807, 2.05) is 0 Å². The lowest BCUT2D eigenvalue weighted by Gasteiger charge is -2.27. The minimum atomic E-state index is -0.313. The maximum Gasteiger partial charge on any atom is 0.0792 e. The van der Waals surface area contributed by atoms with Crippen molar-refractivity contribution < 1.29 is 5.11 Å². The van der Waals surface area contributed by atoms with Gasteiger partial charge in [-0.05, 0) is 54.1 Å². The topological polar surface area (TPSA) is 20.2 Å². The van der Waals surface area contributed by atoms with Gasteiger partial charge < -0.3 is 5.11 Å². The van der Waals surface area contributed by atoms with Crippen LogP contribution in [0.1, 0.15) is 82.9 Å². The van der Waals surface area contributed by atoms with E-state index in [9.17, 15) is 5.11 Å². The van der Waals surface area contributed by atoms with E-state index in [4.69, 9.17) is 0 Å². The molecular weight excluding hydrogens is 244 g/mol. The molecule has 1 nitrogen and oxygen atoms in total. The average molecular weight is 274 g/mol. The number of rotatable bonds is 5. The number of benzene rings is 1. The Morgan fingerprint density at radius 1 is 1.25 bits per heavy atom. The molecule has 2 rings (SSSR count). The summed E-state index contributed by atoms with van der Waals surface area (Å²) in [4.78, 5) is 0. The van der Waals surface area contributed by atoms with Crippen LogP contribution in [-0.2, 0) is 0 Å². The van der Waals surface area contributed by atoms with Crippen LogP contribution in [0.5, 0.6) is 0 Å². The molecule has 1 aromatic rings. The van der Waals surface area contributed by atoms with E-state index in [1.54, 1.807) is 0 Å². The molecule has 0 saturated heterocycles. The van der Waals surface area contributed by atoms with Crippen LogP contribution in [0, 0.1) is 11.3 Å². The highest BCUT2D eigenvalue weighted by atomic mass is 16.3. The summed E-state index contributed by atoms with van der Waals surface area (Å²) < 4.78 is 0. The van der Waals surface area contributed by atoms with Gasteiger partial charge >= 0.3 is 0 Å². The Morgan fingerprint density at radius 3 is 2.50 bits per heavy atom. The molecule has 112 valence electrons. The van der Waals surface area contributed by atoms with Crippen LogP contribution < -0.4 is 0 Å². The zero-order chi connectivity index (χ0) is 14.8. The van der Waals surface area contributed by atoms with E-state index in [0.717, 1.165) is 24.3 Å². The number of hydrogen-bond donors (Lipinski definition) is 1. The molecule has 0 heterocycles. The van der Waals surface area contributed by atoms with Crippen molar-refractivity contribution >= 4 is 0 Å². The van der Waals surface area contributed by atoms with Gasteiger partial charge in [0.1, 0.15) is 0 Å². The molecule has 2 unspecified atom stereocenters. The zero-order valence-electron chi connectivity index (χ0n) is 13.5. The molecule has 0 spiro atoms. The maximum atomic E-state index is 10.5. The lowest BCUT2D eigenvalue weighted by Crippen LogP contribution is -2.14. The SMILES string of the molecule is CC(CC(O)c1cccc(C2CCC2)c1)CC(C)(C)C. The highest BCUT2D eigenvalue weighted by Gasteiger charge is 2.22. The van der Waals surface area contributed by atoms with Crippen molar-refractivity contribution in [3.8, 4) is 0 Å². The summed E-state index contributed by atoms with van der Waals surface area (Å²) in [6, 6.07) is 8.65. The summed E-state index contributed by atoms with van der Waals surface area (Å²) in [5, 5.41) is 10.5. The maximum absolute atomic E-state index is 10.5. The molecule has 0 amide bonds. The molecule has 0 radical (unpaired) electrons. The van der Waals surface area contributed by atoms with Crippen LogP contribution in [0.4, 0.5) is 0 Å². The van der Waals surface area contributed by atoms with Gasteiger partial charge in [0, 0.05) is 0 Å². The fourth-order valence-corrected chi connectivity index (χ4v) is 3.41. The summed E-state index contributed by atoms with van der Waals surface area (Å²) in [6.07, 6.45) is 5.71. The lowest BCUT2D eigenvalue weighted by atomic mass is 9.79. The van der Waals surface area contributed by atoms with Crippen LogP contribution in [0.3, 0.4) is 0 Å². The zero-order valence-corrected chi connectivity index (χ0v) is 13.5. The molecule has 1 aliphatic carbocycles. The second-order valence-electron chi connectivity index (χ2n) is 7.92. The summed E-state index contributed by atoms with van der Waals surface area (Å²) in [5.74, 6) is 1.30. The third-order valence-corrected chi connectivity index (χ3v) is 4.46. The van der Waals surface area contributed by atoms with Crippen molar-refractivity contribution in [3.05, 3.63) is 35.4 Å². The normalized spacial score (nSPS) is 19.4. The lowest BCUT2D eigenvalue weighted by molar-refractivity contribution is 0.134. The molecule has 0 bridgehead atoms. The molecule has 1 aromatic carbocycles. The summed E-state index contributed by atoms with van der Waals surface area (Å²) in [5.41, 5.74) is 2.87. The first kappa shape index (κ1) is 15.6. The van der Waals surface area contributed by atoms with E-state index in [1.165, 1.54) is 24.8 Å². The van der Waals surface area contributed by atoms with Gasteiger partial charge in [-0.2, -0.15) is 0 Å². The predicted molar refractivity (Wildman–Crippen MR) is 85.8 cm³/mol. The molecule has 20 heavy (non-hydrogen) atoms. The molecule has 0 aliphatic heterocycles. The van der Waals surface area contributed by atoms with Crippen LogP contribution in [0.2, 0.25) is 0 Å². The van der Waals surface area contributed by atoms with E-state index in [-0.39, 0.29) is 6.10 Å². The van der Waals surface area contributed by atoms with Gasteiger partial charge in [-0.25, -0.2) is 0 Å². The predicted octanol–water partition coefficient (Wildman–Crippen LogP) is 5.45. The monoisotopic (exact) mass is 274 g/mol. The Morgan fingerprint density at radius 2 is 1.95 bits per heavy atom. The van der Waals surface area contributed by atoms with E-state index >= 15 is 0 Å². The highest BCUT2D eigenvalue weighted by molar-refractivity contribution is 5.29. The van der Waals surface area contributed by atoms with E-state index in [2.05, 4.69) is 52.0 Å². The molecular formula is C19H30O. The fraction of sp³-hybridized carbons (Fsp3) is 0.684. The number of aliphatic hydroxyl groups excluding tert-OH is 1. The van der Waals surface area contributed by atoms with Gasteiger partial charge in [0.2, 0.25) is 0 Å². The Bertz CT molecular complexity index is 426. The second-order valence-corrected chi connectivity index (χ2v) is 7.92. The van der Waals surface area contributed by atoms with Gasteiger partial charge in [0.15, 0.2) is 0 Å². The number of hydrogen-bond acceptors (Lipinski definition) is 1. The van der Waals surface area contributed by atoms with Gasteiger partial charge in [-0.15, -0.1) is 0 Å². The van der Waals surface area contributed by atoms with Gasteiger partial charge in [0.25, 0.3) is 0 Å². The van der Waals surface area contributed by atoms with Crippen molar-refractivity contribution in [2.45, 2.75) is 71.8 Å². The first-order valence-electron chi connectivity index (χ1n) is 8.13. The third-order valence-electron chi connectivity index (χ3n) is 4.46. The van der Waals surface area contributed by atoms with Gasteiger partial charge in [-0.3, -0.25) is 0 Å². The van der Waals surface area contributed by atoms with Crippen LogP contribution in [-0.4, -0.2) is 5.11 Å². The van der Waals surface area contributed by atoms with E-state index < -0.39 is 0 Å². The first-order chi connectivity index (χ1) is 9.35. The first-order valence-corrected chi connectivity index (χ1v) is 8.13. The van der Waals surface area contributed by atoms with Crippen LogP contribution >= 0.6 is 0 Å². The smallest absolute Gasteiger partial charge is 0.0792 e. The molecule has 1 fully saturated rings. The van der Waals surface area contributed by atoms with Crippen molar-refractivity contribution in [1.82, 2.24) is 0 Å². The highest BCUT2D eigenvalue weighted by Crippen LogP contribution is 2.37. The molecule has 1 N–H and O–H groups in total. The molecule has 0 aromatic heterocycles. The fourth-order valence-electron chi connectivity index (χ4n) is 3.41. The van der Waals surface area contributed by atoms with E-state index in [0.29, 0.717) is 11.3 Å². The van der Waals surface area contributed by atoms with Crippen LogP contribution in [0.15, 0.2) is 24.3 Å². The summed E-state index contributed by atoms with van der Waals surface area (Å²) in [6.45, 7) is 9.07. The van der Waals surface area contributed by atoms with Gasteiger partial charge in [-0.1, -0.05) is 58.4 Å².